The summed E-state index contributed by atoms with van der Waals surface area (Å²) < 4.78 is 2.20. The molecule has 2 fully saturated rings. The van der Waals surface area contributed by atoms with E-state index in [2.05, 4.69) is 45.1 Å². The van der Waals surface area contributed by atoms with Crippen molar-refractivity contribution in [1.82, 2.24) is 15.1 Å². The van der Waals surface area contributed by atoms with Gasteiger partial charge in [0, 0.05) is 25.7 Å². The van der Waals surface area contributed by atoms with E-state index in [-0.39, 0.29) is 5.56 Å². The average Bonchev–Trinajstić information content (AvgIpc) is 2.87. The summed E-state index contributed by atoms with van der Waals surface area (Å²) in [6.45, 7) is 7.94. The van der Waals surface area contributed by atoms with Gasteiger partial charge < -0.3 is 10.2 Å². The molecule has 2 aliphatic rings. The number of nitrogens with one attached hydrogen (secondary N) is 1. The molecule has 21 heavy (non-hydrogen) atoms. The van der Waals surface area contributed by atoms with Crippen LogP contribution in [0.2, 0.25) is 0 Å². The summed E-state index contributed by atoms with van der Waals surface area (Å²) in [5.74, 6) is 1.11. The molecular weight excluding hydrogens is 332 g/mol. The highest BCUT2D eigenvalue weighted by molar-refractivity contribution is 9.10. The lowest BCUT2D eigenvalue weighted by Gasteiger charge is -2.24. The predicted octanol–water partition coefficient (Wildman–Crippen LogP) is 1.85. The second kappa shape index (κ2) is 6.08. The Balaban J connectivity index is 1.83. The maximum Gasteiger partial charge on any atom is 0.283 e. The van der Waals surface area contributed by atoms with Crippen LogP contribution in [0.1, 0.15) is 26.7 Å². The molecule has 1 aromatic rings. The van der Waals surface area contributed by atoms with Crippen molar-refractivity contribution >= 4 is 21.6 Å². The second-order valence-corrected chi connectivity index (χ2v) is 7.39. The van der Waals surface area contributed by atoms with Crippen LogP contribution < -0.4 is 15.8 Å². The molecule has 116 valence electrons. The number of piperidine rings is 1. The fourth-order valence-electron chi connectivity index (χ4n) is 3.40. The van der Waals surface area contributed by atoms with Gasteiger partial charge in [-0.2, -0.15) is 5.10 Å². The fraction of sp³-hybridized carbons (Fsp3) is 0.733. The Labute approximate surface area is 133 Å². The largest absolute Gasteiger partial charge is 0.367 e. The predicted molar refractivity (Wildman–Crippen MR) is 87.8 cm³/mol. The molecule has 2 saturated heterocycles. The summed E-state index contributed by atoms with van der Waals surface area (Å²) in [4.78, 5) is 14.7. The summed E-state index contributed by atoms with van der Waals surface area (Å²) in [6, 6.07) is 0.559. The van der Waals surface area contributed by atoms with Crippen molar-refractivity contribution in [1.29, 1.82) is 0 Å². The van der Waals surface area contributed by atoms with Gasteiger partial charge in [-0.3, -0.25) is 4.79 Å². The number of rotatable bonds is 3. The first-order chi connectivity index (χ1) is 10.1. The van der Waals surface area contributed by atoms with Gasteiger partial charge in [-0.15, -0.1) is 0 Å². The SMILES string of the molecule is CC(C)Cn1ncc(N2CC3CCCNC3C2)c(Br)c1=O. The van der Waals surface area contributed by atoms with Gasteiger partial charge in [-0.25, -0.2) is 4.68 Å². The molecule has 1 aromatic heterocycles. The van der Waals surface area contributed by atoms with Crippen LogP contribution in [0.3, 0.4) is 0 Å². The van der Waals surface area contributed by atoms with Crippen LogP contribution in [0, 0.1) is 11.8 Å². The van der Waals surface area contributed by atoms with Crippen molar-refractivity contribution in [2.45, 2.75) is 39.3 Å². The number of aromatic nitrogens is 2. The van der Waals surface area contributed by atoms with Gasteiger partial charge in [-0.05, 0) is 47.2 Å². The van der Waals surface area contributed by atoms with E-state index < -0.39 is 0 Å². The molecule has 3 rings (SSSR count). The number of halogens is 1. The van der Waals surface area contributed by atoms with Gasteiger partial charge >= 0.3 is 0 Å². The number of fused-ring (bicyclic) bond motifs is 1. The van der Waals surface area contributed by atoms with Gasteiger partial charge in [0.15, 0.2) is 0 Å². The average molecular weight is 355 g/mol. The third-order valence-electron chi connectivity index (χ3n) is 4.44. The van der Waals surface area contributed by atoms with E-state index in [4.69, 9.17) is 0 Å². The number of nitrogens with zero attached hydrogens (tertiary/aromatic N) is 3. The van der Waals surface area contributed by atoms with Crippen LogP contribution in [-0.2, 0) is 6.54 Å². The quantitative estimate of drug-likeness (QED) is 0.899. The minimum absolute atomic E-state index is 0.0240. The first-order valence-electron chi connectivity index (χ1n) is 7.80. The van der Waals surface area contributed by atoms with Crippen LogP contribution in [0.4, 0.5) is 5.69 Å². The zero-order chi connectivity index (χ0) is 15.0. The van der Waals surface area contributed by atoms with Gasteiger partial charge in [0.25, 0.3) is 5.56 Å². The molecule has 0 amide bonds. The molecule has 0 aromatic carbocycles. The standard InChI is InChI=1S/C15H23BrN4O/c1-10(2)7-20-15(21)14(16)13(6-18-20)19-8-11-4-3-5-17-12(11)9-19/h6,10-12,17H,3-5,7-9H2,1-2H3. The Morgan fingerprint density at radius 3 is 3.00 bits per heavy atom. The Bertz CT molecular complexity index is 557. The topological polar surface area (TPSA) is 50.2 Å². The molecule has 0 bridgehead atoms. The highest BCUT2D eigenvalue weighted by Crippen LogP contribution is 2.31. The highest BCUT2D eigenvalue weighted by atomic mass is 79.9. The lowest BCUT2D eigenvalue weighted by atomic mass is 9.94. The van der Waals surface area contributed by atoms with Crippen molar-refractivity contribution in [3.63, 3.8) is 0 Å². The zero-order valence-electron chi connectivity index (χ0n) is 12.7. The normalized spacial score (nSPS) is 25.4. The number of anilines is 1. The molecule has 2 atom stereocenters. The van der Waals surface area contributed by atoms with Crippen LogP contribution in [0.15, 0.2) is 15.5 Å². The molecule has 2 unspecified atom stereocenters. The van der Waals surface area contributed by atoms with E-state index in [0.29, 0.717) is 28.9 Å². The molecule has 0 radical (unpaired) electrons. The van der Waals surface area contributed by atoms with E-state index in [9.17, 15) is 4.79 Å². The maximum atomic E-state index is 12.4. The van der Waals surface area contributed by atoms with Crippen LogP contribution in [-0.4, -0.2) is 35.5 Å². The molecule has 6 heteroatoms. The van der Waals surface area contributed by atoms with E-state index in [1.807, 2.05) is 6.20 Å². The van der Waals surface area contributed by atoms with Crippen LogP contribution in [0.25, 0.3) is 0 Å². The molecule has 1 N–H and O–H groups in total. The van der Waals surface area contributed by atoms with E-state index in [1.54, 1.807) is 4.68 Å². The van der Waals surface area contributed by atoms with Crippen molar-refractivity contribution < 1.29 is 0 Å². The third-order valence-corrected chi connectivity index (χ3v) is 5.19. The van der Waals surface area contributed by atoms with Crippen molar-refractivity contribution in [3.8, 4) is 0 Å². The Morgan fingerprint density at radius 1 is 1.48 bits per heavy atom. The number of hydrogen-bond acceptors (Lipinski definition) is 4. The lowest BCUT2D eigenvalue weighted by Crippen LogP contribution is -2.40. The fourth-order valence-corrected chi connectivity index (χ4v) is 3.95. The molecule has 0 saturated carbocycles. The summed E-state index contributed by atoms with van der Waals surface area (Å²) in [5.41, 5.74) is 0.917. The van der Waals surface area contributed by atoms with Gasteiger partial charge in [0.1, 0.15) is 4.47 Å². The number of hydrogen-bond donors (Lipinski definition) is 1. The van der Waals surface area contributed by atoms with Gasteiger partial charge in [0.05, 0.1) is 11.9 Å². The summed E-state index contributed by atoms with van der Waals surface area (Å²) >= 11 is 3.49. The van der Waals surface area contributed by atoms with E-state index >= 15 is 0 Å². The Kier molecular flexibility index (Phi) is 4.36. The lowest BCUT2D eigenvalue weighted by molar-refractivity contribution is 0.340. The first-order valence-corrected chi connectivity index (χ1v) is 8.59. The van der Waals surface area contributed by atoms with Crippen LogP contribution in [0.5, 0.6) is 0 Å². The smallest absolute Gasteiger partial charge is 0.283 e. The summed E-state index contributed by atoms with van der Waals surface area (Å²) in [7, 11) is 0. The van der Waals surface area contributed by atoms with Crippen LogP contribution >= 0.6 is 15.9 Å². The maximum absolute atomic E-state index is 12.4. The van der Waals surface area contributed by atoms with Gasteiger partial charge in [-0.1, -0.05) is 13.8 Å². The van der Waals surface area contributed by atoms with E-state index in [1.165, 1.54) is 12.8 Å². The molecular formula is C15H23BrN4O. The monoisotopic (exact) mass is 354 g/mol. The Morgan fingerprint density at radius 2 is 2.29 bits per heavy atom. The van der Waals surface area contributed by atoms with Crippen molar-refractivity contribution in [2.75, 3.05) is 24.5 Å². The van der Waals surface area contributed by atoms with Crippen molar-refractivity contribution in [2.24, 2.45) is 11.8 Å². The zero-order valence-corrected chi connectivity index (χ0v) is 14.3. The second-order valence-electron chi connectivity index (χ2n) is 6.59. The highest BCUT2D eigenvalue weighted by Gasteiger charge is 2.35. The van der Waals surface area contributed by atoms with Crippen molar-refractivity contribution in [3.05, 3.63) is 21.0 Å². The molecule has 2 aliphatic heterocycles. The summed E-state index contributed by atoms with van der Waals surface area (Å²) in [5, 5.41) is 7.94. The summed E-state index contributed by atoms with van der Waals surface area (Å²) in [6.07, 6.45) is 4.37. The molecule has 0 aliphatic carbocycles. The molecule has 0 spiro atoms. The molecule has 3 heterocycles. The first kappa shape index (κ1) is 15.0. The molecule has 5 nitrogen and oxygen atoms in total. The minimum atomic E-state index is -0.0240. The van der Waals surface area contributed by atoms with Gasteiger partial charge in [0.2, 0.25) is 0 Å². The minimum Gasteiger partial charge on any atom is -0.367 e. The third kappa shape index (κ3) is 3.01. The van der Waals surface area contributed by atoms with E-state index in [0.717, 1.165) is 25.3 Å². The Hall–Kier alpha value is -0.880.